The molecule has 0 bridgehead atoms. The molecule has 1 heterocycles. The second-order valence-corrected chi connectivity index (χ2v) is 5.09. The second kappa shape index (κ2) is 6.44. The van der Waals surface area contributed by atoms with Gasteiger partial charge in [-0.2, -0.15) is 0 Å². The standard InChI is InChI=1S/C14H18ClFO3/c1-17-13-7-10(12(16)8-14(13)18-2)11(15)6-9-4-3-5-19-9/h7-9,11H,3-6H2,1-2H3. The minimum Gasteiger partial charge on any atom is -0.493 e. The molecule has 0 saturated carbocycles. The molecule has 2 unspecified atom stereocenters. The summed E-state index contributed by atoms with van der Waals surface area (Å²) in [4.78, 5) is 0. The van der Waals surface area contributed by atoms with E-state index in [4.69, 9.17) is 25.8 Å². The average molecular weight is 289 g/mol. The Bertz CT molecular complexity index is 433. The van der Waals surface area contributed by atoms with Crippen molar-refractivity contribution in [2.24, 2.45) is 0 Å². The molecule has 0 spiro atoms. The van der Waals surface area contributed by atoms with E-state index in [9.17, 15) is 4.39 Å². The highest BCUT2D eigenvalue weighted by Crippen LogP contribution is 2.37. The number of hydrogen-bond donors (Lipinski definition) is 0. The monoisotopic (exact) mass is 288 g/mol. The summed E-state index contributed by atoms with van der Waals surface area (Å²) < 4.78 is 29.8. The van der Waals surface area contributed by atoms with Crippen LogP contribution in [-0.2, 0) is 4.74 Å². The smallest absolute Gasteiger partial charge is 0.163 e. The fraction of sp³-hybridized carbons (Fsp3) is 0.571. The van der Waals surface area contributed by atoms with Crippen molar-refractivity contribution >= 4 is 11.6 Å². The third kappa shape index (κ3) is 3.31. The molecule has 19 heavy (non-hydrogen) atoms. The summed E-state index contributed by atoms with van der Waals surface area (Å²) in [6, 6.07) is 2.90. The van der Waals surface area contributed by atoms with Crippen LogP contribution >= 0.6 is 11.6 Å². The van der Waals surface area contributed by atoms with Crippen LogP contribution in [0.2, 0.25) is 0 Å². The van der Waals surface area contributed by atoms with Crippen molar-refractivity contribution in [2.75, 3.05) is 20.8 Å². The zero-order chi connectivity index (χ0) is 13.8. The lowest BCUT2D eigenvalue weighted by atomic mass is 10.0. The van der Waals surface area contributed by atoms with Crippen LogP contribution in [0.1, 0.15) is 30.2 Å². The van der Waals surface area contributed by atoms with Crippen molar-refractivity contribution in [3.63, 3.8) is 0 Å². The summed E-state index contributed by atoms with van der Waals surface area (Å²) in [5.41, 5.74) is 0.426. The van der Waals surface area contributed by atoms with E-state index in [0.29, 0.717) is 23.5 Å². The number of benzene rings is 1. The molecule has 3 nitrogen and oxygen atoms in total. The maximum Gasteiger partial charge on any atom is 0.163 e. The zero-order valence-electron chi connectivity index (χ0n) is 11.1. The molecule has 0 aliphatic carbocycles. The third-order valence-electron chi connectivity index (χ3n) is 3.33. The Morgan fingerprint density at radius 1 is 1.37 bits per heavy atom. The number of hydrogen-bond acceptors (Lipinski definition) is 3. The molecule has 1 saturated heterocycles. The number of ether oxygens (including phenoxy) is 3. The van der Waals surface area contributed by atoms with Crippen molar-refractivity contribution in [2.45, 2.75) is 30.7 Å². The normalized spacial score (nSPS) is 20.3. The lowest BCUT2D eigenvalue weighted by molar-refractivity contribution is 0.103. The lowest BCUT2D eigenvalue weighted by Gasteiger charge is -2.17. The van der Waals surface area contributed by atoms with E-state index in [0.717, 1.165) is 19.4 Å². The molecule has 0 N–H and O–H groups in total. The van der Waals surface area contributed by atoms with Gasteiger partial charge in [0.05, 0.1) is 25.7 Å². The first-order valence-corrected chi connectivity index (χ1v) is 6.76. The van der Waals surface area contributed by atoms with Crippen molar-refractivity contribution in [1.29, 1.82) is 0 Å². The molecule has 2 rings (SSSR count). The van der Waals surface area contributed by atoms with Crippen molar-refractivity contribution < 1.29 is 18.6 Å². The van der Waals surface area contributed by atoms with E-state index in [1.807, 2.05) is 0 Å². The largest absolute Gasteiger partial charge is 0.493 e. The molecular formula is C14H18ClFO3. The van der Waals surface area contributed by atoms with Crippen LogP contribution in [0, 0.1) is 5.82 Å². The Balaban J connectivity index is 2.17. The van der Waals surface area contributed by atoms with Gasteiger partial charge in [0.15, 0.2) is 11.5 Å². The predicted octanol–water partition coefficient (Wildman–Crippen LogP) is 3.69. The molecule has 0 radical (unpaired) electrons. The Morgan fingerprint density at radius 3 is 2.63 bits per heavy atom. The minimum absolute atomic E-state index is 0.120. The number of halogens is 2. The van der Waals surface area contributed by atoms with Gasteiger partial charge >= 0.3 is 0 Å². The molecule has 1 aromatic rings. The Labute approximate surface area is 117 Å². The fourth-order valence-corrected chi connectivity index (χ4v) is 2.66. The van der Waals surface area contributed by atoms with Crippen molar-refractivity contribution in [1.82, 2.24) is 0 Å². The highest BCUT2D eigenvalue weighted by Gasteiger charge is 2.24. The highest BCUT2D eigenvalue weighted by molar-refractivity contribution is 6.20. The van der Waals surface area contributed by atoms with Crippen molar-refractivity contribution in [3.8, 4) is 11.5 Å². The molecule has 0 amide bonds. The van der Waals surface area contributed by atoms with Gasteiger partial charge in [-0.3, -0.25) is 0 Å². The van der Waals surface area contributed by atoms with Gasteiger partial charge in [0, 0.05) is 18.2 Å². The molecule has 0 aromatic heterocycles. The molecule has 1 aliphatic heterocycles. The Morgan fingerprint density at radius 2 is 2.05 bits per heavy atom. The number of rotatable bonds is 5. The van der Waals surface area contributed by atoms with E-state index in [2.05, 4.69) is 0 Å². The first kappa shape index (κ1) is 14.4. The van der Waals surface area contributed by atoms with Gasteiger partial charge < -0.3 is 14.2 Å². The maximum absolute atomic E-state index is 14.0. The molecule has 1 fully saturated rings. The first-order chi connectivity index (χ1) is 9.15. The zero-order valence-corrected chi connectivity index (χ0v) is 11.9. The van der Waals surface area contributed by atoms with E-state index in [-0.39, 0.29) is 11.9 Å². The summed E-state index contributed by atoms with van der Waals surface area (Å²) >= 11 is 6.30. The van der Waals surface area contributed by atoms with Crippen LogP contribution in [0.4, 0.5) is 4.39 Å². The topological polar surface area (TPSA) is 27.7 Å². The first-order valence-electron chi connectivity index (χ1n) is 6.32. The van der Waals surface area contributed by atoms with E-state index in [1.54, 1.807) is 6.07 Å². The minimum atomic E-state index is -0.428. The lowest BCUT2D eigenvalue weighted by Crippen LogP contribution is -2.09. The van der Waals surface area contributed by atoms with Crippen LogP contribution in [0.15, 0.2) is 12.1 Å². The predicted molar refractivity (Wildman–Crippen MR) is 71.7 cm³/mol. The average Bonchev–Trinajstić information content (AvgIpc) is 2.90. The van der Waals surface area contributed by atoms with Gasteiger partial charge in [-0.1, -0.05) is 0 Å². The van der Waals surface area contributed by atoms with Gasteiger partial charge in [-0.05, 0) is 25.3 Å². The molecular weight excluding hydrogens is 271 g/mol. The maximum atomic E-state index is 14.0. The molecule has 1 aromatic carbocycles. The van der Waals surface area contributed by atoms with Gasteiger partial charge in [0.2, 0.25) is 0 Å². The van der Waals surface area contributed by atoms with E-state index in [1.165, 1.54) is 20.3 Å². The quantitative estimate of drug-likeness (QED) is 0.773. The van der Waals surface area contributed by atoms with Gasteiger partial charge in [0.1, 0.15) is 5.82 Å². The summed E-state index contributed by atoms with van der Waals surface area (Å²) in [6.45, 7) is 0.767. The summed E-state index contributed by atoms with van der Waals surface area (Å²) in [5.74, 6) is 0.470. The van der Waals surface area contributed by atoms with Crippen LogP contribution < -0.4 is 9.47 Å². The fourth-order valence-electron chi connectivity index (χ4n) is 2.30. The van der Waals surface area contributed by atoms with Gasteiger partial charge in [0.25, 0.3) is 0 Å². The number of alkyl halides is 1. The summed E-state index contributed by atoms with van der Waals surface area (Å²) in [6.07, 6.45) is 2.75. The SMILES string of the molecule is COc1cc(F)c(C(Cl)CC2CCCO2)cc1OC. The van der Waals surface area contributed by atoms with Crippen LogP contribution in [0.3, 0.4) is 0 Å². The highest BCUT2D eigenvalue weighted by atomic mass is 35.5. The third-order valence-corrected chi connectivity index (χ3v) is 3.75. The molecule has 106 valence electrons. The number of methoxy groups -OCH3 is 2. The van der Waals surface area contributed by atoms with E-state index < -0.39 is 5.38 Å². The van der Waals surface area contributed by atoms with E-state index >= 15 is 0 Å². The van der Waals surface area contributed by atoms with Crippen LogP contribution in [0.5, 0.6) is 11.5 Å². The molecule has 5 heteroatoms. The second-order valence-electron chi connectivity index (χ2n) is 4.57. The summed E-state index contributed by atoms with van der Waals surface area (Å²) in [7, 11) is 2.99. The molecule has 1 aliphatic rings. The van der Waals surface area contributed by atoms with Crippen LogP contribution in [0.25, 0.3) is 0 Å². The summed E-state index contributed by atoms with van der Waals surface area (Å²) in [5, 5.41) is -0.428. The van der Waals surface area contributed by atoms with Gasteiger partial charge in [-0.25, -0.2) is 4.39 Å². The van der Waals surface area contributed by atoms with Crippen molar-refractivity contribution in [3.05, 3.63) is 23.5 Å². The molecule has 2 atom stereocenters. The Kier molecular flexibility index (Phi) is 4.88. The Hall–Kier alpha value is -1.00. The van der Waals surface area contributed by atoms with Crippen LogP contribution in [-0.4, -0.2) is 26.9 Å². The van der Waals surface area contributed by atoms with Gasteiger partial charge in [-0.15, -0.1) is 11.6 Å².